The number of halogens is 2. The zero-order valence-corrected chi connectivity index (χ0v) is 14.4. The molecule has 0 aliphatic heterocycles. The number of hydrogen-bond acceptors (Lipinski definition) is 3. The van der Waals surface area contributed by atoms with Gasteiger partial charge in [0.25, 0.3) is 5.91 Å². The van der Waals surface area contributed by atoms with E-state index in [2.05, 4.69) is 10.3 Å². The lowest BCUT2D eigenvalue weighted by Crippen LogP contribution is -2.28. The lowest BCUT2D eigenvalue weighted by Gasteiger charge is -2.08. The van der Waals surface area contributed by atoms with Crippen molar-refractivity contribution >= 4 is 34.8 Å². The van der Waals surface area contributed by atoms with E-state index in [0.29, 0.717) is 22.3 Å². The first-order chi connectivity index (χ1) is 11.5. The molecule has 2 aromatic heterocycles. The number of aryl methyl sites for hydroxylation is 1. The van der Waals surface area contributed by atoms with Crippen molar-refractivity contribution in [2.45, 2.75) is 13.5 Å². The predicted octanol–water partition coefficient (Wildman–Crippen LogP) is 3.64. The number of benzene rings is 1. The van der Waals surface area contributed by atoms with Gasteiger partial charge in [0.15, 0.2) is 6.61 Å². The van der Waals surface area contributed by atoms with Crippen LogP contribution in [0.2, 0.25) is 10.0 Å². The summed E-state index contributed by atoms with van der Waals surface area (Å²) in [5.41, 5.74) is 2.76. The average molecular weight is 364 g/mol. The number of nitrogens with one attached hydrogen (secondary N) is 1. The number of pyridine rings is 1. The fourth-order valence-corrected chi connectivity index (χ4v) is 2.68. The molecule has 0 aliphatic rings. The molecule has 0 spiro atoms. The predicted molar refractivity (Wildman–Crippen MR) is 93.7 cm³/mol. The highest BCUT2D eigenvalue weighted by atomic mass is 35.5. The third-order valence-corrected chi connectivity index (χ3v) is 3.90. The molecular formula is C17H15Cl2N3O2. The summed E-state index contributed by atoms with van der Waals surface area (Å²) >= 11 is 11.8. The van der Waals surface area contributed by atoms with Crippen LogP contribution in [-0.2, 0) is 11.3 Å². The fraction of sp³-hybridized carbons (Fsp3) is 0.176. The third-order valence-electron chi connectivity index (χ3n) is 3.37. The molecule has 24 heavy (non-hydrogen) atoms. The topological polar surface area (TPSA) is 55.6 Å². The standard InChI is InChI=1S/C17H15Cl2N3O2/c1-11-2-5-16-21-13(9-22(16)8-11)7-20-17(23)10-24-15-4-3-12(18)6-14(15)19/h2-6,8-9H,7,10H2,1H3,(H,20,23). The van der Waals surface area contributed by atoms with Gasteiger partial charge >= 0.3 is 0 Å². The van der Waals surface area contributed by atoms with Crippen LogP contribution in [0, 0.1) is 6.92 Å². The summed E-state index contributed by atoms with van der Waals surface area (Å²) in [6, 6.07) is 8.78. The van der Waals surface area contributed by atoms with Gasteiger partial charge in [-0.2, -0.15) is 0 Å². The van der Waals surface area contributed by atoms with Crippen molar-refractivity contribution in [2.24, 2.45) is 0 Å². The van der Waals surface area contributed by atoms with Gasteiger partial charge in [0.1, 0.15) is 11.4 Å². The van der Waals surface area contributed by atoms with Crippen molar-refractivity contribution in [3.05, 3.63) is 64.0 Å². The third kappa shape index (κ3) is 3.99. The first kappa shape index (κ1) is 16.6. The minimum absolute atomic E-state index is 0.131. The lowest BCUT2D eigenvalue weighted by molar-refractivity contribution is -0.123. The second-order valence-corrected chi connectivity index (χ2v) is 6.19. The van der Waals surface area contributed by atoms with Crippen LogP contribution in [0.5, 0.6) is 5.75 Å². The van der Waals surface area contributed by atoms with Crippen molar-refractivity contribution in [3.63, 3.8) is 0 Å². The quantitative estimate of drug-likeness (QED) is 0.752. The Morgan fingerprint density at radius 2 is 2.08 bits per heavy atom. The summed E-state index contributed by atoms with van der Waals surface area (Å²) < 4.78 is 7.32. The molecule has 0 saturated heterocycles. The summed E-state index contributed by atoms with van der Waals surface area (Å²) in [7, 11) is 0. The molecule has 0 atom stereocenters. The summed E-state index contributed by atoms with van der Waals surface area (Å²) in [5, 5.41) is 3.65. The molecule has 1 aromatic carbocycles. The van der Waals surface area contributed by atoms with Crippen LogP contribution in [0.15, 0.2) is 42.7 Å². The van der Waals surface area contributed by atoms with Crippen LogP contribution in [0.4, 0.5) is 0 Å². The number of nitrogens with zero attached hydrogens (tertiary/aromatic N) is 2. The van der Waals surface area contributed by atoms with Gasteiger partial charge in [-0.3, -0.25) is 4.79 Å². The average Bonchev–Trinajstić information content (AvgIpc) is 2.94. The summed E-state index contributed by atoms with van der Waals surface area (Å²) in [6.45, 7) is 2.21. The Hall–Kier alpha value is -2.24. The Kier molecular flexibility index (Phi) is 4.92. The number of imidazole rings is 1. The maximum Gasteiger partial charge on any atom is 0.258 e. The Morgan fingerprint density at radius 1 is 1.25 bits per heavy atom. The molecule has 0 aliphatic carbocycles. The molecular weight excluding hydrogens is 349 g/mol. The Morgan fingerprint density at radius 3 is 2.88 bits per heavy atom. The van der Waals surface area contributed by atoms with Crippen molar-refractivity contribution in [1.29, 1.82) is 0 Å². The van der Waals surface area contributed by atoms with Crippen molar-refractivity contribution in [3.8, 4) is 5.75 Å². The monoisotopic (exact) mass is 363 g/mol. The highest BCUT2D eigenvalue weighted by Gasteiger charge is 2.08. The fourth-order valence-electron chi connectivity index (χ4n) is 2.22. The first-order valence-electron chi connectivity index (χ1n) is 7.30. The molecule has 1 N–H and O–H groups in total. The molecule has 2 heterocycles. The zero-order valence-electron chi connectivity index (χ0n) is 12.9. The van der Waals surface area contributed by atoms with Crippen molar-refractivity contribution < 1.29 is 9.53 Å². The van der Waals surface area contributed by atoms with E-state index >= 15 is 0 Å². The summed E-state index contributed by atoms with van der Waals surface area (Å²) in [6.07, 6.45) is 3.87. The number of carbonyl (C=O) groups excluding carboxylic acids is 1. The van der Waals surface area contributed by atoms with Crippen LogP contribution in [0.1, 0.15) is 11.3 Å². The molecule has 7 heteroatoms. The van der Waals surface area contributed by atoms with Crippen LogP contribution < -0.4 is 10.1 Å². The second-order valence-electron chi connectivity index (χ2n) is 5.34. The Bertz CT molecular complexity index is 893. The van der Waals surface area contributed by atoms with Crippen LogP contribution in [-0.4, -0.2) is 21.9 Å². The minimum atomic E-state index is -0.255. The highest BCUT2D eigenvalue weighted by molar-refractivity contribution is 6.35. The van der Waals surface area contributed by atoms with E-state index in [0.717, 1.165) is 16.9 Å². The van der Waals surface area contributed by atoms with Crippen LogP contribution in [0.3, 0.4) is 0 Å². The molecule has 0 fully saturated rings. The zero-order chi connectivity index (χ0) is 17.1. The van der Waals surface area contributed by atoms with Crippen molar-refractivity contribution in [2.75, 3.05) is 6.61 Å². The van der Waals surface area contributed by atoms with Gasteiger partial charge in [-0.25, -0.2) is 4.98 Å². The SMILES string of the molecule is Cc1ccc2nc(CNC(=O)COc3ccc(Cl)cc3Cl)cn2c1. The maximum atomic E-state index is 11.9. The molecule has 124 valence electrons. The number of carbonyl (C=O) groups is 1. The molecule has 3 aromatic rings. The molecule has 3 rings (SSSR count). The second kappa shape index (κ2) is 7.11. The summed E-state index contributed by atoms with van der Waals surface area (Å²) in [5.74, 6) is 0.161. The van der Waals surface area contributed by atoms with Crippen LogP contribution in [0.25, 0.3) is 5.65 Å². The first-order valence-corrected chi connectivity index (χ1v) is 8.05. The summed E-state index contributed by atoms with van der Waals surface area (Å²) in [4.78, 5) is 16.3. The maximum absolute atomic E-state index is 11.9. The lowest BCUT2D eigenvalue weighted by atomic mass is 10.3. The van der Waals surface area contributed by atoms with Gasteiger partial charge < -0.3 is 14.5 Å². The minimum Gasteiger partial charge on any atom is -0.482 e. The Balaban J connectivity index is 1.54. The van der Waals surface area contributed by atoms with Gasteiger partial charge in [-0.1, -0.05) is 29.3 Å². The van der Waals surface area contributed by atoms with Gasteiger partial charge in [0.05, 0.1) is 17.3 Å². The van der Waals surface area contributed by atoms with Crippen molar-refractivity contribution in [1.82, 2.24) is 14.7 Å². The molecule has 1 amide bonds. The van der Waals surface area contributed by atoms with Gasteiger partial charge in [0.2, 0.25) is 0 Å². The largest absolute Gasteiger partial charge is 0.482 e. The van der Waals surface area contributed by atoms with E-state index in [-0.39, 0.29) is 12.5 Å². The molecule has 0 radical (unpaired) electrons. The molecule has 0 bridgehead atoms. The van der Waals surface area contributed by atoms with Crippen LogP contribution >= 0.6 is 23.2 Å². The molecule has 0 saturated carbocycles. The van der Waals surface area contributed by atoms with Gasteiger partial charge in [-0.05, 0) is 36.8 Å². The van der Waals surface area contributed by atoms with Gasteiger partial charge in [-0.15, -0.1) is 0 Å². The van der Waals surface area contributed by atoms with E-state index in [4.69, 9.17) is 27.9 Å². The van der Waals surface area contributed by atoms with Gasteiger partial charge in [0, 0.05) is 17.4 Å². The number of amides is 1. The number of aromatic nitrogens is 2. The number of fused-ring (bicyclic) bond motifs is 1. The number of hydrogen-bond donors (Lipinski definition) is 1. The van der Waals surface area contributed by atoms with E-state index in [9.17, 15) is 4.79 Å². The highest BCUT2D eigenvalue weighted by Crippen LogP contribution is 2.27. The molecule has 0 unspecified atom stereocenters. The molecule has 5 nitrogen and oxygen atoms in total. The van der Waals surface area contributed by atoms with E-state index in [1.165, 1.54) is 0 Å². The van der Waals surface area contributed by atoms with E-state index < -0.39 is 0 Å². The number of ether oxygens (including phenoxy) is 1. The van der Waals surface area contributed by atoms with E-state index in [1.807, 2.05) is 35.9 Å². The Labute approximate surface area is 149 Å². The smallest absolute Gasteiger partial charge is 0.258 e. The number of rotatable bonds is 5. The normalized spacial score (nSPS) is 10.8. The van der Waals surface area contributed by atoms with E-state index in [1.54, 1.807) is 18.2 Å².